The van der Waals surface area contributed by atoms with Crippen molar-refractivity contribution in [2.24, 2.45) is 5.92 Å². The molecule has 1 aliphatic rings. The molecule has 1 unspecified atom stereocenters. The molecule has 0 aromatic heterocycles. The topological polar surface area (TPSA) is 66.5 Å². The van der Waals surface area contributed by atoms with E-state index in [1.54, 1.807) is 30.0 Å². The summed E-state index contributed by atoms with van der Waals surface area (Å²) in [7, 11) is -3.55. The van der Waals surface area contributed by atoms with Crippen LogP contribution in [0.4, 0.5) is 0 Å². The Bertz CT molecular complexity index is 1030. The van der Waals surface area contributed by atoms with Crippen LogP contribution in [0.1, 0.15) is 29.5 Å². The van der Waals surface area contributed by atoms with Gasteiger partial charge in [-0.2, -0.15) is 11.8 Å². The van der Waals surface area contributed by atoms with Crippen molar-refractivity contribution in [3.63, 3.8) is 0 Å². The molecular weight excluding hydrogens is 487 g/mol. The van der Waals surface area contributed by atoms with Crippen molar-refractivity contribution in [2.75, 3.05) is 25.4 Å². The standard InChI is InChI=1S/C23H28Cl2N2O3S2/c1-17-4-6-18(7-5-17)15-31-12-10-26-23(28)20-3-2-11-27(14-20)32(29,30)16-19-8-9-21(24)22(25)13-19/h4-9,13,20H,2-3,10-12,14-16H2,1H3,(H,26,28). The lowest BCUT2D eigenvalue weighted by atomic mass is 9.99. The van der Waals surface area contributed by atoms with Crippen molar-refractivity contribution in [2.45, 2.75) is 31.3 Å². The largest absolute Gasteiger partial charge is 0.355 e. The number of sulfonamides is 1. The molecule has 1 heterocycles. The number of carbonyl (C=O) groups excluding carboxylic acids is 1. The van der Waals surface area contributed by atoms with Crippen LogP contribution in [0.3, 0.4) is 0 Å². The van der Waals surface area contributed by atoms with E-state index in [-0.39, 0.29) is 24.1 Å². The molecule has 1 amide bonds. The number of amides is 1. The summed E-state index contributed by atoms with van der Waals surface area (Å²) < 4.78 is 27.2. The average molecular weight is 516 g/mol. The van der Waals surface area contributed by atoms with Gasteiger partial charge < -0.3 is 5.32 Å². The molecule has 3 rings (SSSR count). The predicted octanol–water partition coefficient (Wildman–Crippen LogP) is 4.89. The van der Waals surface area contributed by atoms with Crippen LogP contribution in [0.25, 0.3) is 0 Å². The average Bonchev–Trinajstić information content (AvgIpc) is 2.77. The van der Waals surface area contributed by atoms with Crippen molar-refractivity contribution in [1.29, 1.82) is 0 Å². The van der Waals surface area contributed by atoms with Gasteiger partial charge in [-0.05, 0) is 43.0 Å². The zero-order valence-corrected chi connectivity index (χ0v) is 21.2. The zero-order valence-electron chi connectivity index (χ0n) is 18.0. The quantitative estimate of drug-likeness (QED) is 0.483. The van der Waals surface area contributed by atoms with E-state index >= 15 is 0 Å². The first-order valence-corrected chi connectivity index (χ1v) is 14.1. The number of thioether (sulfide) groups is 1. The fourth-order valence-corrected chi connectivity index (χ4v) is 6.34. The molecule has 0 aliphatic carbocycles. The van der Waals surface area contributed by atoms with Crippen molar-refractivity contribution in [3.05, 3.63) is 69.2 Å². The molecule has 174 valence electrons. The highest BCUT2D eigenvalue weighted by Gasteiger charge is 2.32. The van der Waals surface area contributed by atoms with Crippen LogP contribution in [-0.2, 0) is 26.3 Å². The molecule has 1 fully saturated rings. The first-order chi connectivity index (χ1) is 15.2. The number of nitrogens with zero attached hydrogens (tertiary/aromatic N) is 1. The minimum absolute atomic E-state index is 0.0737. The van der Waals surface area contributed by atoms with E-state index < -0.39 is 10.0 Å². The second-order valence-corrected chi connectivity index (χ2v) is 11.9. The molecule has 2 aromatic carbocycles. The summed E-state index contributed by atoms with van der Waals surface area (Å²) in [6.45, 7) is 3.28. The van der Waals surface area contributed by atoms with Gasteiger partial charge in [-0.3, -0.25) is 4.79 Å². The Kier molecular flexibility index (Phi) is 9.32. The number of hydrogen-bond acceptors (Lipinski definition) is 4. The summed E-state index contributed by atoms with van der Waals surface area (Å²) in [5.74, 6) is 1.16. The lowest BCUT2D eigenvalue weighted by Crippen LogP contribution is -2.46. The van der Waals surface area contributed by atoms with E-state index in [4.69, 9.17) is 23.2 Å². The maximum Gasteiger partial charge on any atom is 0.224 e. The third-order valence-electron chi connectivity index (χ3n) is 5.42. The van der Waals surface area contributed by atoms with Crippen molar-refractivity contribution in [3.8, 4) is 0 Å². The number of aryl methyl sites for hydroxylation is 1. The highest BCUT2D eigenvalue weighted by Crippen LogP contribution is 2.26. The Labute approximate surface area is 204 Å². The summed E-state index contributed by atoms with van der Waals surface area (Å²) in [6.07, 6.45) is 1.36. The number of halogens is 2. The van der Waals surface area contributed by atoms with Gasteiger partial charge in [0.05, 0.1) is 21.7 Å². The Morgan fingerprint density at radius 3 is 2.56 bits per heavy atom. The van der Waals surface area contributed by atoms with Crippen LogP contribution in [0.2, 0.25) is 10.0 Å². The first-order valence-electron chi connectivity index (χ1n) is 10.6. The van der Waals surface area contributed by atoms with Gasteiger partial charge in [-0.15, -0.1) is 0 Å². The minimum atomic E-state index is -3.55. The third-order valence-corrected chi connectivity index (χ3v) is 9.00. The number of rotatable bonds is 9. The molecule has 1 atom stereocenters. The van der Waals surface area contributed by atoms with Crippen molar-refractivity contribution >= 4 is 50.9 Å². The van der Waals surface area contributed by atoms with Crippen LogP contribution >= 0.6 is 35.0 Å². The second-order valence-electron chi connectivity index (χ2n) is 8.03. The van der Waals surface area contributed by atoms with E-state index in [1.807, 2.05) is 0 Å². The third kappa shape index (κ3) is 7.39. The molecule has 5 nitrogen and oxygen atoms in total. The van der Waals surface area contributed by atoms with E-state index in [1.165, 1.54) is 15.4 Å². The first kappa shape index (κ1) is 25.4. The SMILES string of the molecule is Cc1ccc(CSCCNC(=O)C2CCCN(S(=O)(=O)Cc3ccc(Cl)c(Cl)c3)C2)cc1. The zero-order chi connectivity index (χ0) is 23.1. The molecule has 32 heavy (non-hydrogen) atoms. The molecule has 2 aromatic rings. The molecule has 1 aliphatic heterocycles. The Balaban J connectivity index is 1.45. The molecule has 0 saturated carbocycles. The van der Waals surface area contributed by atoms with E-state index in [2.05, 4.69) is 36.5 Å². The van der Waals surface area contributed by atoms with Gasteiger partial charge in [0.15, 0.2) is 0 Å². The van der Waals surface area contributed by atoms with Crippen LogP contribution in [0.15, 0.2) is 42.5 Å². The predicted molar refractivity (Wildman–Crippen MR) is 134 cm³/mol. The van der Waals surface area contributed by atoms with Crippen LogP contribution in [0, 0.1) is 12.8 Å². The van der Waals surface area contributed by atoms with Gasteiger partial charge in [0.2, 0.25) is 15.9 Å². The maximum atomic E-state index is 12.9. The highest BCUT2D eigenvalue weighted by atomic mass is 35.5. The highest BCUT2D eigenvalue weighted by molar-refractivity contribution is 7.98. The molecule has 0 bridgehead atoms. The lowest BCUT2D eigenvalue weighted by molar-refractivity contribution is -0.125. The summed E-state index contributed by atoms with van der Waals surface area (Å²) >= 11 is 13.7. The number of piperidine rings is 1. The molecule has 9 heteroatoms. The Morgan fingerprint density at radius 1 is 1.12 bits per heavy atom. The summed E-state index contributed by atoms with van der Waals surface area (Å²) in [6, 6.07) is 13.3. The van der Waals surface area contributed by atoms with E-state index in [0.717, 1.165) is 11.5 Å². The van der Waals surface area contributed by atoms with Gasteiger partial charge in [-0.25, -0.2) is 12.7 Å². The van der Waals surface area contributed by atoms with Gasteiger partial charge >= 0.3 is 0 Å². The van der Waals surface area contributed by atoms with Gasteiger partial charge in [0.25, 0.3) is 0 Å². The number of carbonyl (C=O) groups is 1. The van der Waals surface area contributed by atoms with Crippen molar-refractivity contribution < 1.29 is 13.2 Å². The van der Waals surface area contributed by atoms with E-state index in [0.29, 0.717) is 41.5 Å². The number of benzene rings is 2. The summed E-state index contributed by atoms with van der Waals surface area (Å²) in [4.78, 5) is 12.6. The van der Waals surface area contributed by atoms with Crippen molar-refractivity contribution in [1.82, 2.24) is 9.62 Å². The van der Waals surface area contributed by atoms with Crippen LogP contribution in [0.5, 0.6) is 0 Å². The molecule has 1 saturated heterocycles. The maximum absolute atomic E-state index is 12.9. The fourth-order valence-electron chi connectivity index (χ4n) is 3.61. The summed E-state index contributed by atoms with van der Waals surface area (Å²) in [5.41, 5.74) is 3.09. The molecular formula is C23H28Cl2N2O3S2. The monoisotopic (exact) mass is 514 g/mol. The normalized spacial score (nSPS) is 17.3. The van der Waals surface area contributed by atoms with Gasteiger partial charge in [-0.1, -0.05) is 59.1 Å². The number of hydrogen-bond donors (Lipinski definition) is 1. The second kappa shape index (κ2) is 11.7. The van der Waals surface area contributed by atoms with Crippen LogP contribution in [-0.4, -0.2) is 44.0 Å². The number of nitrogens with one attached hydrogen (secondary N) is 1. The van der Waals surface area contributed by atoms with Gasteiger partial charge in [0, 0.05) is 31.1 Å². The minimum Gasteiger partial charge on any atom is -0.355 e. The smallest absolute Gasteiger partial charge is 0.224 e. The Morgan fingerprint density at radius 2 is 1.84 bits per heavy atom. The summed E-state index contributed by atoms with van der Waals surface area (Å²) in [5, 5.41) is 3.69. The fraction of sp³-hybridized carbons (Fsp3) is 0.435. The van der Waals surface area contributed by atoms with Gasteiger partial charge in [0.1, 0.15) is 0 Å². The molecule has 1 N–H and O–H groups in total. The molecule has 0 radical (unpaired) electrons. The molecule has 0 spiro atoms. The Hall–Kier alpha value is -1.25. The van der Waals surface area contributed by atoms with Crippen LogP contribution < -0.4 is 5.32 Å². The van der Waals surface area contributed by atoms with E-state index in [9.17, 15) is 13.2 Å². The lowest BCUT2D eigenvalue weighted by Gasteiger charge is -2.31.